The molecule has 1 aliphatic rings. The quantitative estimate of drug-likeness (QED) is 0.410. The molecule has 28 heavy (non-hydrogen) atoms. The van der Waals surface area contributed by atoms with Gasteiger partial charge in [0.25, 0.3) is 0 Å². The molecule has 4 N–H and O–H groups in total. The van der Waals surface area contributed by atoms with Crippen LogP contribution in [0.4, 0.5) is 4.39 Å². The first-order valence-electron chi connectivity index (χ1n) is 9.98. The van der Waals surface area contributed by atoms with Crippen LogP contribution in [-0.2, 0) is 0 Å². The third-order valence-electron chi connectivity index (χ3n) is 3.34. The van der Waals surface area contributed by atoms with Gasteiger partial charge < -0.3 is 11.5 Å². The summed E-state index contributed by atoms with van der Waals surface area (Å²) >= 11 is 0. The Balaban J connectivity index is -0.000000331. The van der Waals surface area contributed by atoms with Gasteiger partial charge in [0.15, 0.2) is 0 Å². The topological polar surface area (TPSA) is 52.0 Å². The van der Waals surface area contributed by atoms with E-state index in [1.165, 1.54) is 56.9 Å². The highest BCUT2D eigenvalue weighted by Gasteiger charge is 2.07. The second-order valence-corrected chi connectivity index (χ2v) is 6.32. The fourth-order valence-electron chi connectivity index (χ4n) is 1.98. The van der Waals surface area contributed by atoms with Gasteiger partial charge in [-0.1, -0.05) is 68.2 Å². The molecule has 0 radical (unpaired) electrons. The molecule has 0 fully saturated rings. The summed E-state index contributed by atoms with van der Waals surface area (Å²) < 4.78 is 12.4. The van der Waals surface area contributed by atoms with Crippen molar-refractivity contribution in [1.82, 2.24) is 0 Å². The van der Waals surface area contributed by atoms with Crippen LogP contribution in [0.15, 0.2) is 67.8 Å². The summed E-state index contributed by atoms with van der Waals surface area (Å²) in [7, 11) is 1.50. The standard InChI is InChI=1S/C9H10FN.C9H16.C4H8.C2H4.CH5N/c10-9-5-3-8(4-6-9)2-1-7-11;1-2-3-4-6-9-7-5-8-9;1-4(2)3;2*1-2/h1-6H,7,11H2;5,7,9H,2-4,6,8H2,1H3;1H2,2-3H3;1-2H2;2H2,1H3/b2-1+;;;;. The van der Waals surface area contributed by atoms with Crippen LogP contribution in [-0.4, -0.2) is 13.6 Å². The van der Waals surface area contributed by atoms with Crippen molar-refractivity contribution in [2.75, 3.05) is 13.6 Å². The van der Waals surface area contributed by atoms with Gasteiger partial charge in [0, 0.05) is 6.54 Å². The summed E-state index contributed by atoms with van der Waals surface area (Å²) in [6.45, 7) is 16.3. The lowest BCUT2D eigenvalue weighted by Gasteiger charge is -2.16. The molecular weight excluding hydrogens is 347 g/mol. The van der Waals surface area contributed by atoms with Crippen LogP contribution in [0, 0.1) is 11.7 Å². The Hall–Kier alpha value is -1.97. The van der Waals surface area contributed by atoms with Crippen LogP contribution in [0.5, 0.6) is 0 Å². The molecule has 0 heterocycles. The zero-order valence-corrected chi connectivity index (χ0v) is 18.6. The molecule has 0 spiro atoms. The number of rotatable bonds is 6. The van der Waals surface area contributed by atoms with Gasteiger partial charge in [0.1, 0.15) is 5.82 Å². The number of allylic oxidation sites excluding steroid dienone is 3. The molecule has 0 saturated heterocycles. The zero-order valence-electron chi connectivity index (χ0n) is 18.6. The summed E-state index contributed by atoms with van der Waals surface area (Å²) in [5.41, 5.74) is 11.9. The second kappa shape index (κ2) is 25.0. The van der Waals surface area contributed by atoms with Gasteiger partial charge in [-0.25, -0.2) is 4.39 Å². The Kier molecular flexibility index (Phi) is 27.5. The summed E-state index contributed by atoms with van der Waals surface area (Å²) in [5, 5.41) is 0. The predicted octanol–water partition coefficient (Wildman–Crippen LogP) is 6.90. The van der Waals surface area contributed by atoms with Crippen LogP contribution >= 0.6 is 0 Å². The maximum absolute atomic E-state index is 12.4. The molecule has 2 nitrogen and oxygen atoms in total. The van der Waals surface area contributed by atoms with Crippen molar-refractivity contribution >= 4 is 6.08 Å². The molecule has 0 bridgehead atoms. The van der Waals surface area contributed by atoms with Crippen LogP contribution < -0.4 is 11.5 Å². The Morgan fingerprint density at radius 3 is 2.00 bits per heavy atom. The average Bonchev–Trinajstić information content (AvgIpc) is 2.67. The largest absolute Gasteiger partial charge is 0.333 e. The SMILES string of the molecule is C=C.C=C(C)C.CCCCCC1C=CC1.CN.NC/C=C/c1ccc(F)cc1. The maximum atomic E-state index is 12.4. The van der Waals surface area contributed by atoms with Gasteiger partial charge in [0.2, 0.25) is 0 Å². The molecule has 1 atom stereocenters. The summed E-state index contributed by atoms with van der Waals surface area (Å²) in [6, 6.07) is 6.27. The first kappa shape index (κ1) is 30.7. The lowest BCUT2D eigenvalue weighted by molar-refractivity contribution is 0.514. The van der Waals surface area contributed by atoms with Crippen molar-refractivity contribution < 1.29 is 4.39 Å². The molecule has 0 aliphatic heterocycles. The fraction of sp³-hybridized carbons (Fsp3) is 0.440. The average molecular weight is 391 g/mol. The molecule has 1 unspecified atom stereocenters. The van der Waals surface area contributed by atoms with E-state index in [2.05, 4.69) is 44.5 Å². The van der Waals surface area contributed by atoms with E-state index in [0.29, 0.717) is 6.54 Å². The number of halogens is 1. The Morgan fingerprint density at radius 1 is 1.14 bits per heavy atom. The van der Waals surface area contributed by atoms with Gasteiger partial charge >= 0.3 is 0 Å². The molecule has 1 aliphatic carbocycles. The van der Waals surface area contributed by atoms with Crippen LogP contribution in [0.1, 0.15) is 58.4 Å². The monoisotopic (exact) mass is 390 g/mol. The van der Waals surface area contributed by atoms with Crippen LogP contribution in [0.3, 0.4) is 0 Å². The van der Waals surface area contributed by atoms with Crippen molar-refractivity contribution in [3.05, 3.63) is 79.2 Å². The van der Waals surface area contributed by atoms with E-state index in [-0.39, 0.29) is 5.82 Å². The second-order valence-electron chi connectivity index (χ2n) is 6.32. The number of hydrogen-bond acceptors (Lipinski definition) is 2. The zero-order chi connectivity index (χ0) is 22.2. The molecule has 3 heteroatoms. The molecule has 160 valence electrons. The van der Waals surface area contributed by atoms with Gasteiger partial charge in [0.05, 0.1) is 0 Å². The van der Waals surface area contributed by atoms with Gasteiger partial charge in [-0.05, 0) is 57.4 Å². The first-order valence-corrected chi connectivity index (χ1v) is 9.98. The highest BCUT2D eigenvalue weighted by molar-refractivity contribution is 5.48. The van der Waals surface area contributed by atoms with Gasteiger partial charge in [-0.3, -0.25) is 0 Å². The number of hydrogen-bond donors (Lipinski definition) is 2. The van der Waals surface area contributed by atoms with Crippen LogP contribution in [0.25, 0.3) is 6.08 Å². The van der Waals surface area contributed by atoms with E-state index in [9.17, 15) is 4.39 Å². The van der Waals surface area contributed by atoms with E-state index in [0.717, 1.165) is 11.5 Å². The van der Waals surface area contributed by atoms with Gasteiger partial charge in [-0.2, -0.15) is 0 Å². The number of unbranched alkanes of at least 4 members (excludes halogenated alkanes) is 2. The maximum Gasteiger partial charge on any atom is 0.123 e. The minimum Gasteiger partial charge on any atom is -0.333 e. The molecule has 2 rings (SSSR count). The fourth-order valence-corrected chi connectivity index (χ4v) is 1.98. The van der Waals surface area contributed by atoms with E-state index in [1.54, 1.807) is 12.1 Å². The Labute approximate surface area is 173 Å². The predicted molar refractivity (Wildman–Crippen MR) is 128 cm³/mol. The molecular formula is C25H43FN2. The highest BCUT2D eigenvalue weighted by Crippen LogP contribution is 2.22. The molecule has 1 aromatic carbocycles. The van der Waals surface area contributed by atoms with Crippen molar-refractivity contribution in [1.29, 1.82) is 0 Å². The Morgan fingerprint density at radius 2 is 1.64 bits per heavy atom. The molecule has 1 aromatic rings. The summed E-state index contributed by atoms with van der Waals surface area (Å²) in [4.78, 5) is 0. The van der Waals surface area contributed by atoms with Crippen LogP contribution in [0.2, 0.25) is 0 Å². The number of nitrogens with two attached hydrogens (primary N) is 2. The third kappa shape index (κ3) is 24.0. The minimum atomic E-state index is -0.213. The molecule has 0 saturated carbocycles. The highest BCUT2D eigenvalue weighted by atomic mass is 19.1. The van der Waals surface area contributed by atoms with Crippen molar-refractivity contribution in [3.63, 3.8) is 0 Å². The first-order chi connectivity index (χ1) is 13.5. The lowest BCUT2D eigenvalue weighted by atomic mass is 9.90. The minimum absolute atomic E-state index is 0.213. The van der Waals surface area contributed by atoms with Gasteiger partial charge in [-0.15, -0.1) is 19.7 Å². The smallest absolute Gasteiger partial charge is 0.123 e. The normalized spacial score (nSPS) is 13.2. The third-order valence-corrected chi connectivity index (χ3v) is 3.34. The number of benzene rings is 1. The van der Waals surface area contributed by atoms with E-state index in [4.69, 9.17) is 5.73 Å². The molecule has 0 amide bonds. The summed E-state index contributed by atoms with van der Waals surface area (Å²) in [5.74, 6) is 0.742. The van der Waals surface area contributed by atoms with Crippen molar-refractivity contribution in [2.24, 2.45) is 17.4 Å². The lowest BCUT2D eigenvalue weighted by Crippen LogP contribution is -2.01. The van der Waals surface area contributed by atoms with E-state index < -0.39 is 0 Å². The summed E-state index contributed by atoms with van der Waals surface area (Å²) in [6.07, 6.45) is 15.3. The van der Waals surface area contributed by atoms with E-state index in [1.807, 2.05) is 26.0 Å². The van der Waals surface area contributed by atoms with E-state index >= 15 is 0 Å². The van der Waals surface area contributed by atoms with Crippen molar-refractivity contribution in [2.45, 2.75) is 52.9 Å². The van der Waals surface area contributed by atoms with Crippen molar-refractivity contribution in [3.8, 4) is 0 Å². The molecule has 0 aromatic heterocycles. The Bertz CT molecular complexity index is 500.